The fourth-order valence-corrected chi connectivity index (χ4v) is 2.05. The molecular formula is C9H16N2O. The van der Waals surface area contributed by atoms with Crippen molar-refractivity contribution in [2.24, 2.45) is 0 Å². The van der Waals surface area contributed by atoms with E-state index in [1.54, 1.807) is 6.26 Å². The van der Waals surface area contributed by atoms with Gasteiger partial charge in [0.2, 0.25) is 0 Å². The van der Waals surface area contributed by atoms with Gasteiger partial charge >= 0.3 is 0 Å². The smallest absolute Gasteiger partial charge is 0.130 e. The number of ether oxygens (including phenoxy) is 1. The number of nitrogens with one attached hydrogen (secondary N) is 1. The van der Waals surface area contributed by atoms with Gasteiger partial charge in [-0.2, -0.15) is 0 Å². The molecule has 0 bridgehead atoms. The summed E-state index contributed by atoms with van der Waals surface area (Å²) in [5.74, 6) is 0. The van der Waals surface area contributed by atoms with Crippen LogP contribution in [0.1, 0.15) is 12.8 Å². The van der Waals surface area contributed by atoms with Crippen LogP contribution in [-0.4, -0.2) is 37.2 Å². The van der Waals surface area contributed by atoms with E-state index in [9.17, 15) is 0 Å². The van der Waals surface area contributed by atoms with Gasteiger partial charge in [0.05, 0.1) is 12.8 Å². The van der Waals surface area contributed by atoms with E-state index < -0.39 is 0 Å². The topological polar surface area (TPSA) is 24.5 Å². The Hall–Kier alpha value is -0.700. The summed E-state index contributed by atoms with van der Waals surface area (Å²) in [5.41, 5.74) is 0. The number of likely N-dealkylation sites (tertiary alicyclic amines) is 1. The minimum absolute atomic E-state index is 0.350. The van der Waals surface area contributed by atoms with Crippen molar-refractivity contribution in [1.82, 2.24) is 10.2 Å². The van der Waals surface area contributed by atoms with Crippen molar-refractivity contribution in [3.8, 4) is 0 Å². The minimum atomic E-state index is 0.350. The second-order valence-corrected chi connectivity index (χ2v) is 3.58. The molecule has 1 N–H and O–H groups in total. The summed E-state index contributed by atoms with van der Waals surface area (Å²) < 4.78 is 5.55. The van der Waals surface area contributed by atoms with Gasteiger partial charge in [0.15, 0.2) is 0 Å². The molecule has 2 rings (SSSR count). The zero-order valence-electron chi connectivity index (χ0n) is 7.49. The van der Waals surface area contributed by atoms with Crippen LogP contribution in [0.25, 0.3) is 0 Å². The summed E-state index contributed by atoms with van der Waals surface area (Å²) in [5, 5.41) is 3.20. The van der Waals surface area contributed by atoms with Crippen LogP contribution in [0.2, 0.25) is 0 Å². The molecule has 1 fully saturated rings. The molecule has 0 aromatic carbocycles. The van der Waals surface area contributed by atoms with Crippen molar-refractivity contribution in [1.29, 1.82) is 0 Å². The summed E-state index contributed by atoms with van der Waals surface area (Å²) in [7, 11) is 2.18. The van der Waals surface area contributed by atoms with E-state index >= 15 is 0 Å². The van der Waals surface area contributed by atoms with Crippen molar-refractivity contribution in [2.45, 2.75) is 25.0 Å². The molecule has 0 amide bonds. The lowest BCUT2D eigenvalue weighted by Gasteiger charge is -2.30. The third kappa shape index (κ3) is 1.41. The first-order valence-corrected chi connectivity index (χ1v) is 4.62. The molecule has 2 aliphatic rings. The average Bonchev–Trinajstić information content (AvgIpc) is 2.53. The first-order chi connectivity index (χ1) is 5.88. The van der Waals surface area contributed by atoms with Crippen molar-refractivity contribution in [2.75, 3.05) is 20.1 Å². The van der Waals surface area contributed by atoms with Crippen LogP contribution in [0.5, 0.6) is 0 Å². The summed E-state index contributed by atoms with van der Waals surface area (Å²) in [4.78, 5) is 2.39. The molecule has 2 aliphatic heterocycles. The lowest BCUT2D eigenvalue weighted by molar-refractivity contribution is 0.0607. The Balaban J connectivity index is 1.94. The van der Waals surface area contributed by atoms with Gasteiger partial charge in [-0.25, -0.2) is 0 Å². The molecule has 0 aromatic heterocycles. The van der Waals surface area contributed by atoms with Crippen LogP contribution >= 0.6 is 0 Å². The Kier molecular flexibility index (Phi) is 2.21. The maximum Gasteiger partial charge on any atom is 0.130 e. The highest BCUT2D eigenvalue weighted by Gasteiger charge is 2.30. The highest BCUT2D eigenvalue weighted by Crippen LogP contribution is 2.20. The SMILES string of the molecule is CN1CCC[C@H]1C1CNC=CO1. The van der Waals surface area contributed by atoms with Gasteiger partial charge in [0, 0.05) is 12.2 Å². The van der Waals surface area contributed by atoms with Crippen molar-refractivity contribution in [3.63, 3.8) is 0 Å². The molecule has 0 aromatic rings. The Morgan fingerprint density at radius 3 is 3.08 bits per heavy atom. The second kappa shape index (κ2) is 3.35. The molecule has 3 heteroatoms. The monoisotopic (exact) mass is 168 g/mol. The third-order valence-electron chi connectivity index (χ3n) is 2.76. The first kappa shape index (κ1) is 7.92. The van der Waals surface area contributed by atoms with Crippen LogP contribution in [-0.2, 0) is 4.74 Å². The molecule has 0 spiro atoms. The molecule has 0 saturated carbocycles. The van der Waals surface area contributed by atoms with Gasteiger partial charge in [-0.3, -0.25) is 4.90 Å². The lowest BCUT2D eigenvalue weighted by Crippen LogP contribution is -2.44. The molecule has 0 radical (unpaired) electrons. The zero-order chi connectivity index (χ0) is 8.39. The summed E-state index contributed by atoms with van der Waals surface area (Å²) in [6, 6.07) is 0.613. The van der Waals surface area contributed by atoms with E-state index in [2.05, 4.69) is 17.3 Å². The van der Waals surface area contributed by atoms with Gasteiger partial charge in [0.25, 0.3) is 0 Å². The quantitative estimate of drug-likeness (QED) is 0.618. The summed E-state index contributed by atoms with van der Waals surface area (Å²) in [6.07, 6.45) is 6.57. The molecule has 0 aliphatic carbocycles. The van der Waals surface area contributed by atoms with Crippen LogP contribution in [0, 0.1) is 0 Å². The van der Waals surface area contributed by atoms with Gasteiger partial charge in [0.1, 0.15) is 6.10 Å². The Morgan fingerprint density at radius 1 is 1.58 bits per heavy atom. The highest BCUT2D eigenvalue weighted by molar-refractivity contribution is 4.91. The number of hydrogen-bond acceptors (Lipinski definition) is 3. The highest BCUT2D eigenvalue weighted by atomic mass is 16.5. The van der Waals surface area contributed by atoms with Gasteiger partial charge in [-0.1, -0.05) is 0 Å². The molecule has 2 heterocycles. The number of nitrogens with zero attached hydrogens (tertiary/aromatic N) is 1. The van der Waals surface area contributed by atoms with Crippen molar-refractivity contribution >= 4 is 0 Å². The minimum Gasteiger partial charge on any atom is -0.493 e. The van der Waals surface area contributed by atoms with Gasteiger partial charge in [-0.05, 0) is 26.4 Å². The van der Waals surface area contributed by atoms with E-state index in [1.807, 2.05) is 6.20 Å². The number of likely N-dealkylation sites (N-methyl/N-ethyl adjacent to an activating group) is 1. The third-order valence-corrected chi connectivity index (χ3v) is 2.76. The molecule has 1 saturated heterocycles. The summed E-state index contributed by atoms with van der Waals surface area (Å²) >= 11 is 0. The van der Waals surface area contributed by atoms with E-state index in [4.69, 9.17) is 4.74 Å². The van der Waals surface area contributed by atoms with Crippen LogP contribution < -0.4 is 5.32 Å². The van der Waals surface area contributed by atoms with E-state index in [1.165, 1.54) is 19.4 Å². The predicted octanol–water partition coefficient (Wildman–Crippen LogP) is 0.540. The molecule has 1 unspecified atom stereocenters. The van der Waals surface area contributed by atoms with E-state index in [-0.39, 0.29) is 0 Å². The summed E-state index contributed by atoms with van der Waals surface area (Å²) in [6.45, 7) is 2.17. The van der Waals surface area contributed by atoms with Crippen molar-refractivity contribution in [3.05, 3.63) is 12.5 Å². The normalized spacial score (nSPS) is 36.1. The van der Waals surface area contributed by atoms with Crippen LogP contribution in [0.15, 0.2) is 12.5 Å². The first-order valence-electron chi connectivity index (χ1n) is 4.62. The largest absolute Gasteiger partial charge is 0.493 e. The van der Waals surface area contributed by atoms with Gasteiger partial charge < -0.3 is 10.1 Å². The maximum atomic E-state index is 5.55. The van der Waals surface area contributed by atoms with Gasteiger partial charge in [-0.15, -0.1) is 0 Å². The average molecular weight is 168 g/mol. The molecule has 12 heavy (non-hydrogen) atoms. The molecule has 68 valence electrons. The molecule has 2 atom stereocenters. The Morgan fingerprint density at radius 2 is 2.50 bits per heavy atom. The number of rotatable bonds is 1. The Bertz CT molecular complexity index is 181. The standard InChI is InChI=1S/C9H16N2O/c1-11-5-2-3-8(11)9-7-10-4-6-12-9/h4,6,8-10H,2-3,5,7H2,1H3/t8-,9?/m0/s1. The molecular weight excluding hydrogens is 152 g/mol. The fourth-order valence-electron chi connectivity index (χ4n) is 2.05. The fraction of sp³-hybridized carbons (Fsp3) is 0.778. The second-order valence-electron chi connectivity index (χ2n) is 3.58. The molecule has 3 nitrogen and oxygen atoms in total. The lowest BCUT2D eigenvalue weighted by atomic mass is 10.1. The van der Waals surface area contributed by atoms with Crippen molar-refractivity contribution < 1.29 is 4.74 Å². The van der Waals surface area contributed by atoms with Crippen LogP contribution in [0.4, 0.5) is 0 Å². The predicted molar refractivity (Wildman–Crippen MR) is 47.7 cm³/mol. The van der Waals surface area contributed by atoms with E-state index in [0.29, 0.717) is 12.1 Å². The van der Waals surface area contributed by atoms with E-state index in [0.717, 1.165) is 6.54 Å². The number of hydrogen-bond donors (Lipinski definition) is 1. The van der Waals surface area contributed by atoms with Crippen LogP contribution in [0.3, 0.4) is 0 Å². The zero-order valence-corrected chi connectivity index (χ0v) is 7.49. The Labute approximate surface area is 73.4 Å². The maximum absolute atomic E-state index is 5.55.